The Bertz CT molecular complexity index is 1240. The van der Waals surface area contributed by atoms with Gasteiger partial charge in [-0.2, -0.15) is 5.10 Å². The minimum Gasteiger partial charge on any atom is -0.378 e. The molecule has 4 aromatic rings. The molecule has 1 saturated heterocycles. The second kappa shape index (κ2) is 8.12. The van der Waals surface area contributed by atoms with E-state index >= 15 is 0 Å². The van der Waals surface area contributed by atoms with Crippen molar-refractivity contribution in [2.45, 2.75) is 6.54 Å². The zero-order chi connectivity index (χ0) is 21.4. The lowest BCUT2D eigenvalue weighted by Crippen LogP contribution is -2.36. The van der Waals surface area contributed by atoms with Gasteiger partial charge in [-0.25, -0.2) is 14.8 Å². The number of anilines is 1. The fourth-order valence-corrected chi connectivity index (χ4v) is 4.70. The summed E-state index contributed by atoms with van der Waals surface area (Å²) in [4.78, 5) is 26.6. The summed E-state index contributed by atoms with van der Waals surface area (Å²) in [6.45, 7) is 3.37. The van der Waals surface area contributed by atoms with Gasteiger partial charge in [-0.05, 0) is 12.1 Å². The number of hydrogen-bond acceptors (Lipinski definition) is 7. The molecule has 0 bridgehead atoms. The Morgan fingerprint density at radius 2 is 2.13 bits per heavy atom. The SMILES string of the molecule is CN(C)C(=O)NCc1cc2nc(-c3cccc4[nH]ncc34)nc(N3CCOCC3)c2s1. The van der Waals surface area contributed by atoms with Crippen LogP contribution in [0.5, 0.6) is 0 Å². The number of rotatable bonds is 4. The van der Waals surface area contributed by atoms with E-state index in [0.717, 1.165) is 50.5 Å². The van der Waals surface area contributed by atoms with E-state index in [1.807, 2.05) is 30.5 Å². The Labute approximate surface area is 183 Å². The van der Waals surface area contributed by atoms with Gasteiger partial charge in [0.05, 0.1) is 41.7 Å². The zero-order valence-electron chi connectivity index (χ0n) is 17.4. The number of H-pyrrole nitrogens is 1. The maximum absolute atomic E-state index is 11.9. The molecule has 1 aliphatic rings. The van der Waals surface area contributed by atoms with Gasteiger partial charge >= 0.3 is 6.03 Å². The zero-order valence-corrected chi connectivity index (χ0v) is 18.2. The Balaban J connectivity index is 1.60. The number of nitrogens with one attached hydrogen (secondary N) is 2. The molecule has 31 heavy (non-hydrogen) atoms. The average Bonchev–Trinajstić information content (AvgIpc) is 3.43. The van der Waals surface area contributed by atoms with E-state index in [2.05, 4.69) is 20.4 Å². The van der Waals surface area contributed by atoms with E-state index in [1.54, 1.807) is 25.4 Å². The molecule has 0 radical (unpaired) electrons. The van der Waals surface area contributed by atoms with E-state index in [0.29, 0.717) is 25.6 Å². The molecule has 10 heteroatoms. The van der Waals surface area contributed by atoms with E-state index in [-0.39, 0.29) is 6.03 Å². The van der Waals surface area contributed by atoms with Crippen LogP contribution in [0.3, 0.4) is 0 Å². The van der Waals surface area contributed by atoms with Crippen LogP contribution >= 0.6 is 11.3 Å². The molecular formula is C21H23N7O2S. The Kier molecular flexibility index (Phi) is 5.16. The highest BCUT2D eigenvalue weighted by Gasteiger charge is 2.21. The topological polar surface area (TPSA) is 99.3 Å². The van der Waals surface area contributed by atoms with Crippen molar-refractivity contribution in [3.05, 3.63) is 35.3 Å². The fourth-order valence-electron chi connectivity index (χ4n) is 3.65. The molecule has 5 rings (SSSR count). The second-order valence-corrected chi connectivity index (χ2v) is 8.72. The highest BCUT2D eigenvalue weighted by Crippen LogP contribution is 2.35. The summed E-state index contributed by atoms with van der Waals surface area (Å²) >= 11 is 1.62. The van der Waals surface area contributed by atoms with Gasteiger partial charge in [0.1, 0.15) is 0 Å². The number of aromatic amines is 1. The van der Waals surface area contributed by atoms with Crippen LogP contribution < -0.4 is 10.2 Å². The number of carbonyl (C=O) groups excluding carboxylic acids is 1. The Hall–Kier alpha value is -3.24. The Morgan fingerprint density at radius 3 is 2.94 bits per heavy atom. The first-order valence-electron chi connectivity index (χ1n) is 10.1. The van der Waals surface area contributed by atoms with Crippen LogP contribution in [0.4, 0.5) is 10.6 Å². The third-order valence-electron chi connectivity index (χ3n) is 5.26. The summed E-state index contributed by atoms with van der Waals surface area (Å²) < 4.78 is 6.57. The second-order valence-electron chi connectivity index (χ2n) is 7.59. The number of benzene rings is 1. The lowest BCUT2D eigenvalue weighted by atomic mass is 10.1. The van der Waals surface area contributed by atoms with Gasteiger partial charge in [-0.15, -0.1) is 11.3 Å². The van der Waals surface area contributed by atoms with Gasteiger partial charge in [0.15, 0.2) is 11.6 Å². The average molecular weight is 438 g/mol. The lowest BCUT2D eigenvalue weighted by molar-refractivity contribution is 0.122. The molecule has 1 aromatic carbocycles. The summed E-state index contributed by atoms with van der Waals surface area (Å²) in [5, 5.41) is 11.1. The van der Waals surface area contributed by atoms with Crippen molar-refractivity contribution >= 4 is 44.3 Å². The number of fused-ring (bicyclic) bond motifs is 2. The van der Waals surface area contributed by atoms with Crippen LogP contribution in [0.1, 0.15) is 4.88 Å². The number of aromatic nitrogens is 4. The predicted molar refractivity (Wildman–Crippen MR) is 121 cm³/mol. The number of amides is 2. The molecule has 0 atom stereocenters. The molecule has 0 saturated carbocycles. The molecule has 2 amide bonds. The van der Waals surface area contributed by atoms with Gasteiger partial charge < -0.3 is 19.9 Å². The van der Waals surface area contributed by atoms with E-state index in [4.69, 9.17) is 14.7 Å². The van der Waals surface area contributed by atoms with Gasteiger partial charge in [0, 0.05) is 43.0 Å². The van der Waals surface area contributed by atoms with Crippen molar-refractivity contribution in [3.63, 3.8) is 0 Å². The lowest BCUT2D eigenvalue weighted by Gasteiger charge is -2.28. The number of thiophene rings is 1. The van der Waals surface area contributed by atoms with Crippen LogP contribution in [0.25, 0.3) is 32.5 Å². The van der Waals surface area contributed by atoms with Gasteiger partial charge in [-0.3, -0.25) is 5.10 Å². The van der Waals surface area contributed by atoms with Crippen molar-refractivity contribution in [1.82, 2.24) is 30.4 Å². The fraction of sp³-hybridized carbons (Fsp3) is 0.333. The van der Waals surface area contributed by atoms with Crippen LogP contribution in [0.15, 0.2) is 30.5 Å². The summed E-state index contributed by atoms with van der Waals surface area (Å²) in [6.07, 6.45) is 1.81. The number of carbonyl (C=O) groups is 1. The summed E-state index contributed by atoms with van der Waals surface area (Å²) in [5.74, 6) is 1.58. The monoisotopic (exact) mass is 437 g/mol. The van der Waals surface area contributed by atoms with Gasteiger partial charge in [-0.1, -0.05) is 12.1 Å². The van der Waals surface area contributed by atoms with Crippen LogP contribution in [-0.2, 0) is 11.3 Å². The van der Waals surface area contributed by atoms with Gasteiger partial charge in [0.2, 0.25) is 0 Å². The first-order valence-corrected chi connectivity index (χ1v) is 10.9. The van der Waals surface area contributed by atoms with E-state index in [9.17, 15) is 4.79 Å². The number of ether oxygens (including phenoxy) is 1. The van der Waals surface area contributed by atoms with Crippen molar-refractivity contribution < 1.29 is 9.53 Å². The minimum atomic E-state index is -0.121. The third kappa shape index (κ3) is 3.79. The molecule has 4 heterocycles. The molecule has 0 aliphatic carbocycles. The van der Waals surface area contributed by atoms with Crippen molar-refractivity contribution in [1.29, 1.82) is 0 Å². The first-order chi connectivity index (χ1) is 15.1. The van der Waals surface area contributed by atoms with Crippen LogP contribution in [0, 0.1) is 0 Å². The third-order valence-corrected chi connectivity index (χ3v) is 6.38. The van der Waals surface area contributed by atoms with Crippen molar-refractivity contribution in [3.8, 4) is 11.4 Å². The van der Waals surface area contributed by atoms with Crippen molar-refractivity contribution in [2.24, 2.45) is 0 Å². The van der Waals surface area contributed by atoms with Crippen LogP contribution in [0.2, 0.25) is 0 Å². The number of urea groups is 1. The molecule has 1 fully saturated rings. The first kappa shape index (κ1) is 19.7. The predicted octanol–water partition coefficient (Wildman–Crippen LogP) is 2.84. The molecule has 160 valence electrons. The van der Waals surface area contributed by atoms with Crippen molar-refractivity contribution in [2.75, 3.05) is 45.3 Å². The molecule has 9 nitrogen and oxygen atoms in total. The maximum Gasteiger partial charge on any atom is 0.317 e. The summed E-state index contributed by atoms with van der Waals surface area (Å²) in [5.41, 5.74) is 2.77. The summed E-state index contributed by atoms with van der Waals surface area (Å²) in [6, 6.07) is 7.91. The largest absolute Gasteiger partial charge is 0.378 e. The Morgan fingerprint density at radius 1 is 1.29 bits per heavy atom. The highest BCUT2D eigenvalue weighted by atomic mass is 32.1. The molecule has 0 spiro atoms. The number of hydrogen-bond donors (Lipinski definition) is 2. The normalized spacial score (nSPS) is 14.3. The van der Waals surface area contributed by atoms with Gasteiger partial charge in [0.25, 0.3) is 0 Å². The molecule has 1 aliphatic heterocycles. The molecule has 2 N–H and O–H groups in total. The number of nitrogens with zero attached hydrogens (tertiary/aromatic N) is 5. The maximum atomic E-state index is 11.9. The smallest absolute Gasteiger partial charge is 0.317 e. The highest BCUT2D eigenvalue weighted by molar-refractivity contribution is 7.19. The minimum absolute atomic E-state index is 0.121. The molecular weight excluding hydrogens is 414 g/mol. The molecule has 0 unspecified atom stereocenters. The molecule has 3 aromatic heterocycles. The quantitative estimate of drug-likeness (QED) is 0.509. The van der Waals surface area contributed by atoms with E-state index < -0.39 is 0 Å². The van der Waals surface area contributed by atoms with Crippen LogP contribution in [-0.4, -0.2) is 71.5 Å². The number of morpholine rings is 1. The van der Waals surface area contributed by atoms with E-state index in [1.165, 1.54) is 4.90 Å². The summed E-state index contributed by atoms with van der Waals surface area (Å²) in [7, 11) is 3.45. The standard InChI is InChI=1S/C21H23N7O2S/c1-27(2)21(29)22-11-13-10-17-18(31-13)20(28-6-8-30-9-7-28)25-19(24-17)14-4-3-5-16-15(14)12-23-26-16/h3-5,10,12H,6-9,11H2,1-2H3,(H,22,29)(H,23,26).